The van der Waals surface area contributed by atoms with Gasteiger partial charge in [0.2, 0.25) is 0 Å². The Morgan fingerprint density at radius 2 is 2.29 bits per heavy atom. The molecular weight excluding hydrogens is 208 g/mol. The van der Waals surface area contributed by atoms with E-state index in [9.17, 15) is 0 Å². The van der Waals surface area contributed by atoms with E-state index in [1.165, 1.54) is 37.1 Å². The van der Waals surface area contributed by atoms with E-state index in [0.29, 0.717) is 0 Å². The van der Waals surface area contributed by atoms with E-state index in [-0.39, 0.29) is 0 Å². The summed E-state index contributed by atoms with van der Waals surface area (Å²) < 4.78 is 0. The highest BCUT2D eigenvalue weighted by Crippen LogP contribution is 2.19. The third-order valence-corrected chi connectivity index (χ3v) is 3.61. The first-order valence-corrected chi connectivity index (χ1v) is 6.41. The van der Waals surface area contributed by atoms with Crippen LogP contribution in [0.15, 0.2) is 18.2 Å². The molecule has 0 aliphatic carbocycles. The van der Waals surface area contributed by atoms with E-state index in [2.05, 4.69) is 30.9 Å². The van der Waals surface area contributed by atoms with Crippen LogP contribution in [0.25, 0.3) is 0 Å². The van der Waals surface area contributed by atoms with Gasteiger partial charge in [0.25, 0.3) is 0 Å². The van der Waals surface area contributed by atoms with Gasteiger partial charge in [-0.1, -0.05) is 13.0 Å². The maximum Gasteiger partial charge on any atom is 0.0991 e. The Labute approximate surface area is 104 Å². The zero-order valence-corrected chi connectivity index (χ0v) is 10.7. The third kappa shape index (κ3) is 3.08. The molecule has 1 aromatic carbocycles. The molecule has 0 bridgehead atoms. The molecule has 2 rings (SSSR count). The Morgan fingerprint density at radius 1 is 1.47 bits per heavy atom. The van der Waals surface area contributed by atoms with Gasteiger partial charge in [-0.15, -0.1) is 0 Å². The number of hydrogen-bond acceptors (Lipinski definition) is 2. The molecule has 1 heterocycles. The minimum absolute atomic E-state index is 0.762. The normalized spacial score (nSPS) is 21.1. The van der Waals surface area contributed by atoms with Gasteiger partial charge in [0.05, 0.1) is 11.6 Å². The van der Waals surface area contributed by atoms with E-state index < -0.39 is 0 Å². The number of hydrogen-bond donors (Lipinski definition) is 0. The quantitative estimate of drug-likeness (QED) is 0.777. The van der Waals surface area contributed by atoms with Crippen LogP contribution in [-0.4, -0.2) is 18.0 Å². The van der Waals surface area contributed by atoms with Gasteiger partial charge >= 0.3 is 0 Å². The molecule has 1 aliphatic rings. The molecule has 2 nitrogen and oxygen atoms in total. The van der Waals surface area contributed by atoms with Gasteiger partial charge in [-0.2, -0.15) is 5.26 Å². The molecule has 1 unspecified atom stereocenters. The van der Waals surface area contributed by atoms with Crippen LogP contribution >= 0.6 is 0 Å². The minimum Gasteiger partial charge on any atom is -0.299 e. The smallest absolute Gasteiger partial charge is 0.0991 e. The average Bonchev–Trinajstić information content (AvgIpc) is 2.32. The molecule has 0 amide bonds. The summed E-state index contributed by atoms with van der Waals surface area (Å²) in [6.07, 6.45) is 2.68. The maximum absolute atomic E-state index is 8.85. The summed E-state index contributed by atoms with van der Waals surface area (Å²) in [5, 5.41) is 8.85. The lowest BCUT2D eigenvalue weighted by molar-refractivity contribution is 0.176. The van der Waals surface area contributed by atoms with Crippen LogP contribution in [0.4, 0.5) is 0 Å². The van der Waals surface area contributed by atoms with Crippen molar-refractivity contribution in [3.05, 3.63) is 34.9 Å². The van der Waals surface area contributed by atoms with Crippen LogP contribution in [0.1, 0.15) is 36.5 Å². The standard InChI is InChI=1S/C15H20N2/c1-12-4-3-7-17(10-12)11-15-6-5-14(9-16)8-13(15)2/h5-6,8,12H,3-4,7,10-11H2,1-2H3. The fourth-order valence-corrected chi connectivity index (χ4v) is 2.61. The molecule has 1 saturated heterocycles. The molecule has 0 saturated carbocycles. The lowest BCUT2D eigenvalue weighted by atomic mass is 9.98. The molecule has 90 valence electrons. The van der Waals surface area contributed by atoms with Gasteiger partial charge < -0.3 is 0 Å². The molecule has 0 N–H and O–H groups in total. The molecular formula is C15H20N2. The maximum atomic E-state index is 8.85. The van der Waals surface area contributed by atoms with Crippen LogP contribution in [0.3, 0.4) is 0 Å². The second-order valence-corrected chi connectivity index (χ2v) is 5.24. The second-order valence-electron chi connectivity index (χ2n) is 5.24. The summed E-state index contributed by atoms with van der Waals surface area (Å²) >= 11 is 0. The van der Waals surface area contributed by atoms with Crippen molar-refractivity contribution in [1.82, 2.24) is 4.90 Å². The van der Waals surface area contributed by atoms with Crippen molar-refractivity contribution < 1.29 is 0 Å². The molecule has 1 aromatic rings. The van der Waals surface area contributed by atoms with Crippen molar-refractivity contribution in [2.45, 2.75) is 33.2 Å². The van der Waals surface area contributed by atoms with Crippen molar-refractivity contribution in [3.63, 3.8) is 0 Å². The fraction of sp³-hybridized carbons (Fsp3) is 0.533. The molecule has 1 aliphatic heterocycles. The number of nitrogens with zero attached hydrogens (tertiary/aromatic N) is 2. The first-order valence-electron chi connectivity index (χ1n) is 6.41. The average molecular weight is 228 g/mol. The van der Waals surface area contributed by atoms with Crippen molar-refractivity contribution in [2.24, 2.45) is 5.92 Å². The lowest BCUT2D eigenvalue weighted by Crippen LogP contribution is -2.33. The van der Waals surface area contributed by atoms with Gasteiger partial charge in [-0.25, -0.2) is 0 Å². The molecule has 1 fully saturated rings. The van der Waals surface area contributed by atoms with Crippen molar-refractivity contribution >= 4 is 0 Å². The highest BCUT2D eigenvalue weighted by molar-refractivity contribution is 5.37. The van der Waals surface area contributed by atoms with Gasteiger partial charge in [-0.3, -0.25) is 4.90 Å². The lowest BCUT2D eigenvalue weighted by Gasteiger charge is -2.31. The fourth-order valence-electron chi connectivity index (χ4n) is 2.61. The highest BCUT2D eigenvalue weighted by Gasteiger charge is 2.16. The molecule has 17 heavy (non-hydrogen) atoms. The number of aryl methyl sites for hydroxylation is 1. The van der Waals surface area contributed by atoms with Gasteiger partial charge in [-0.05, 0) is 55.5 Å². The van der Waals surface area contributed by atoms with Crippen LogP contribution < -0.4 is 0 Å². The number of benzene rings is 1. The van der Waals surface area contributed by atoms with Crippen molar-refractivity contribution in [1.29, 1.82) is 5.26 Å². The Hall–Kier alpha value is -1.33. The number of nitriles is 1. The first kappa shape index (κ1) is 12.1. The summed E-state index contributed by atoms with van der Waals surface area (Å²) in [7, 11) is 0. The van der Waals surface area contributed by atoms with E-state index in [1.54, 1.807) is 0 Å². The van der Waals surface area contributed by atoms with Crippen molar-refractivity contribution in [2.75, 3.05) is 13.1 Å². The highest BCUT2D eigenvalue weighted by atomic mass is 15.1. The monoisotopic (exact) mass is 228 g/mol. The topological polar surface area (TPSA) is 27.0 Å². The van der Waals surface area contributed by atoms with E-state index >= 15 is 0 Å². The number of piperidine rings is 1. The van der Waals surface area contributed by atoms with Crippen LogP contribution in [0.5, 0.6) is 0 Å². The first-order chi connectivity index (χ1) is 8.19. The van der Waals surface area contributed by atoms with Crippen LogP contribution in [0.2, 0.25) is 0 Å². The zero-order chi connectivity index (χ0) is 12.3. The van der Waals surface area contributed by atoms with Crippen LogP contribution in [-0.2, 0) is 6.54 Å². The van der Waals surface area contributed by atoms with Crippen molar-refractivity contribution in [3.8, 4) is 6.07 Å². The van der Waals surface area contributed by atoms with Gasteiger partial charge in [0.15, 0.2) is 0 Å². The Kier molecular flexibility index (Phi) is 3.81. The second kappa shape index (κ2) is 5.33. The number of likely N-dealkylation sites (tertiary alicyclic amines) is 1. The summed E-state index contributed by atoms with van der Waals surface area (Å²) in [5.41, 5.74) is 3.36. The van der Waals surface area contributed by atoms with E-state index in [4.69, 9.17) is 5.26 Å². The Bertz CT molecular complexity index is 431. The predicted molar refractivity (Wildman–Crippen MR) is 69.6 cm³/mol. The van der Waals surface area contributed by atoms with E-state index in [1.807, 2.05) is 12.1 Å². The predicted octanol–water partition coefficient (Wildman–Crippen LogP) is 3.10. The number of rotatable bonds is 2. The zero-order valence-electron chi connectivity index (χ0n) is 10.7. The molecule has 2 heteroatoms. The van der Waals surface area contributed by atoms with Crippen LogP contribution in [0, 0.1) is 24.2 Å². The van der Waals surface area contributed by atoms with Gasteiger partial charge in [0.1, 0.15) is 0 Å². The molecule has 0 aromatic heterocycles. The summed E-state index contributed by atoms with van der Waals surface area (Å²) in [6.45, 7) is 7.88. The van der Waals surface area contributed by atoms with Gasteiger partial charge in [0, 0.05) is 13.1 Å². The molecule has 0 spiro atoms. The summed E-state index contributed by atoms with van der Waals surface area (Å²) in [4.78, 5) is 2.53. The largest absolute Gasteiger partial charge is 0.299 e. The molecule has 0 radical (unpaired) electrons. The summed E-state index contributed by atoms with van der Waals surface area (Å²) in [6, 6.07) is 8.21. The SMILES string of the molecule is Cc1cc(C#N)ccc1CN1CCCC(C)C1. The molecule has 1 atom stereocenters. The minimum atomic E-state index is 0.762. The third-order valence-electron chi connectivity index (χ3n) is 3.61. The summed E-state index contributed by atoms with van der Waals surface area (Å²) in [5.74, 6) is 0.822. The Morgan fingerprint density at radius 3 is 2.94 bits per heavy atom. The Balaban J connectivity index is 2.06. The van der Waals surface area contributed by atoms with E-state index in [0.717, 1.165) is 18.0 Å².